The second-order valence-corrected chi connectivity index (χ2v) is 3.22. The monoisotopic (exact) mass is 209 g/mol. The second-order valence-electron chi connectivity index (χ2n) is 3.22. The number of carbonyl (C=O) groups is 2. The molecule has 0 bridgehead atoms. The lowest BCUT2D eigenvalue weighted by molar-refractivity contribution is -0.140. The minimum atomic E-state index is -0.531. The number of carbonyl (C=O) groups excluding carboxylic acids is 2. The Kier molecular flexibility index (Phi) is 4.09. The van der Waals surface area contributed by atoms with Gasteiger partial charge >= 0.3 is 5.97 Å². The van der Waals surface area contributed by atoms with Gasteiger partial charge in [0, 0.05) is 25.7 Å². The van der Waals surface area contributed by atoms with Gasteiger partial charge in [0.25, 0.3) is 0 Å². The van der Waals surface area contributed by atoms with Gasteiger partial charge in [0.1, 0.15) is 5.57 Å². The molecule has 4 heteroatoms. The van der Waals surface area contributed by atoms with E-state index >= 15 is 0 Å². The van der Waals surface area contributed by atoms with Crippen LogP contribution in [0.2, 0.25) is 0 Å². The fraction of sp³-hybridized carbons (Fsp3) is 0.455. The third kappa shape index (κ3) is 2.94. The molecule has 0 amide bonds. The molecule has 1 rings (SSSR count). The summed E-state index contributed by atoms with van der Waals surface area (Å²) in [7, 11) is 0. The second kappa shape index (κ2) is 5.34. The van der Waals surface area contributed by atoms with E-state index in [1.807, 2.05) is 4.90 Å². The minimum Gasteiger partial charge on any atom is -0.462 e. The van der Waals surface area contributed by atoms with Crippen LogP contribution in [0.5, 0.6) is 0 Å². The van der Waals surface area contributed by atoms with E-state index in [-0.39, 0.29) is 18.0 Å². The first-order chi connectivity index (χ1) is 7.19. The first-order valence-electron chi connectivity index (χ1n) is 4.96. The molecule has 0 spiro atoms. The highest BCUT2D eigenvalue weighted by Crippen LogP contribution is 2.12. The summed E-state index contributed by atoms with van der Waals surface area (Å²) in [4.78, 5) is 24.7. The van der Waals surface area contributed by atoms with E-state index in [1.165, 1.54) is 0 Å². The van der Waals surface area contributed by atoms with Crippen LogP contribution in [0.3, 0.4) is 0 Å². The summed E-state index contributed by atoms with van der Waals surface area (Å²) < 4.78 is 4.80. The van der Waals surface area contributed by atoms with Crippen LogP contribution in [-0.2, 0) is 14.3 Å². The summed E-state index contributed by atoms with van der Waals surface area (Å²) in [5.41, 5.74) is 0.143. The van der Waals surface area contributed by atoms with E-state index < -0.39 is 5.97 Å². The van der Waals surface area contributed by atoms with Crippen molar-refractivity contribution in [3.63, 3.8) is 0 Å². The van der Waals surface area contributed by atoms with Crippen molar-refractivity contribution in [3.8, 4) is 0 Å². The third-order valence-corrected chi connectivity index (χ3v) is 2.10. The largest absolute Gasteiger partial charge is 0.462 e. The lowest BCUT2D eigenvalue weighted by atomic mass is 10.1. The fourth-order valence-electron chi connectivity index (χ4n) is 1.38. The molecular formula is C11H15NO3. The summed E-state index contributed by atoms with van der Waals surface area (Å²) in [5.74, 6) is -0.676. The number of Topliss-reactive ketones (excluding diaryl/α,β-unsaturated/α-hetero) is 1. The van der Waals surface area contributed by atoms with Crippen molar-refractivity contribution in [2.45, 2.75) is 13.3 Å². The molecule has 0 radical (unpaired) electrons. The number of hydrogen-bond donors (Lipinski definition) is 0. The highest BCUT2D eigenvalue weighted by atomic mass is 16.5. The Morgan fingerprint density at radius 2 is 2.47 bits per heavy atom. The SMILES string of the molecule is C=CCN1C=C(C(=O)OCC)C(=O)CC1. The van der Waals surface area contributed by atoms with Crippen molar-refractivity contribution in [1.29, 1.82) is 0 Å². The first-order valence-corrected chi connectivity index (χ1v) is 4.96. The van der Waals surface area contributed by atoms with E-state index in [0.717, 1.165) is 0 Å². The van der Waals surface area contributed by atoms with E-state index in [0.29, 0.717) is 19.5 Å². The molecule has 0 N–H and O–H groups in total. The highest BCUT2D eigenvalue weighted by molar-refractivity contribution is 6.17. The van der Waals surface area contributed by atoms with Crippen LogP contribution in [0.15, 0.2) is 24.4 Å². The number of ether oxygens (including phenoxy) is 1. The highest BCUT2D eigenvalue weighted by Gasteiger charge is 2.24. The fourth-order valence-corrected chi connectivity index (χ4v) is 1.38. The van der Waals surface area contributed by atoms with Crippen molar-refractivity contribution in [2.24, 2.45) is 0 Å². The maximum atomic E-state index is 11.4. The molecule has 0 aliphatic carbocycles. The zero-order chi connectivity index (χ0) is 11.3. The van der Waals surface area contributed by atoms with Gasteiger partial charge in [-0.1, -0.05) is 6.08 Å². The summed E-state index contributed by atoms with van der Waals surface area (Å²) in [6, 6.07) is 0. The van der Waals surface area contributed by atoms with Crippen LogP contribution >= 0.6 is 0 Å². The molecule has 0 saturated heterocycles. The molecule has 0 saturated carbocycles. The number of nitrogens with zero attached hydrogens (tertiary/aromatic N) is 1. The summed E-state index contributed by atoms with van der Waals surface area (Å²) in [6.45, 7) is 6.87. The van der Waals surface area contributed by atoms with Crippen LogP contribution in [0.1, 0.15) is 13.3 Å². The Labute approximate surface area is 89.2 Å². The molecule has 1 heterocycles. The van der Waals surface area contributed by atoms with Gasteiger partial charge in [-0.2, -0.15) is 0 Å². The van der Waals surface area contributed by atoms with E-state index in [1.54, 1.807) is 19.2 Å². The van der Waals surface area contributed by atoms with Crippen molar-refractivity contribution < 1.29 is 14.3 Å². The minimum absolute atomic E-state index is 0.143. The zero-order valence-corrected chi connectivity index (χ0v) is 8.86. The molecule has 0 unspecified atom stereocenters. The molecule has 0 fully saturated rings. The number of rotatable bonds is 4. The van der Waals surface area contributed by atoms with Gasteiger partial charge in [-0.15, -0.1) is 6.58 Å². The molecule has 1 aliphatic heterocycles. The first kappa shape index (κ1) is 11.5. The van der Waals surface area contributed by atoms with Crippen LogP contribution in [-0.4, -0.2) is 36.3 Å². The Morgan fingerprint density at radius 3 is 3.07 bits per heavy atom. The van der Waals surface area contributed by atoms with Crippen molar-refractivity contribution >= 4 is 11.8 Å². The van der Waals surface area contributed by atoms with Gasteiger partial charge in [-0.3, -0.25) is 4.79 Å². The molecule has 0 aromatic heterocycles. The van der Waals surface area contributed by atoms with E-state index in [4.69, 9.17) is 4.74 Å². The lowest BCUT2D eigenvalue weighted by Crippen LogP contribution is -2.31. The molecule has 0 aromatic carbocycles. The van der Waals surface area contributed by atoms with Gasteiger partial charge in [0.05, 0.1) is 6.61 Å². The standard InChI is InChI=1S/C11H15NO3/c1-3-6-12-7-5-10(13)9(8-12)11(14)15-4-2/h3,8H,1,4-7H2,2H3. The molecular weight excluding hydrogens is 194 g/mol. The summed E-state index contributed by atoms with van der Waals surface area (Å²) >= 11 is 0. The molecule has 1 aliphatic rings. The Hall–Kier alpha value is -1.58. The zero-order valence-electron chi connectivity index (χ0n) is 8.86. The van der Waals surface area contributed by atoms with Gasteiger partial charge in [0.2, 0.25) is 0 Å². The predicted molar refractivity (Wildman–Crippen MR) is 56.1 cm³/mol. The van der Waals surface area contributed by atoms with E-state index in [9.17, 15) is 9.59 Å². The molecule has 15 heavy (non-hydrogen) atoms. The number of esters is 1. The van der Waals surface area contributed by atoms with Crippen LogP contribution < -0.4 is 0 Å². The van der Waals surface area contributed by atoms with Gasteiger partial charge in [0.15, 0.2) is 5.78 Å². The van der Waals surface area contributed by atoms with Gasteiger partial charge < -0.3 is 9.64 Å². The molecule has 0 aromatic rings. The Morgan fingerprint density at radius 1 is 1.73 bits per heavy atom. The van der Waals surface area contributed by atoms with Gasteiger partial charge in [-0.05, 0) is 6.92 Å². The topological polar surface area (TPSA) is 46.6 Å². The molecule has 4 nitrogen and oxygen atoms in total. The lowest BCUT2D eigenvalue weighted by Gasteiger charge is -2.23. The van der Waals surface area contributed by atoms with Crippen LogP contribution in [0, 0.1) is 0 Å². The Balaban J connectivity index is 2.77. The predicted octanol–water partition coefficient (Wildman–Crippen LogP) is 0.894. The third-order valence-electron chi connectivity index (χ3n) is 2.10. The summed E-state index contributed by atoms with van der Waals surface area (Å²) in [6.07, 6.45) is 3.65. The van der Waals surface area contributed by atoms with Crippen LogP contribution in [0.25, 0.3) is 0 Å². The van der Waals surface area contributed by atoms with E-state index in [2.05, 4.69) is 6.58 Å². The maximum absolute atomic E-state index is 11.4. The average molecular weight is 209 g/mol. The number of hydrogen-bond acceptors (Lipinski definition) is 4. The molecule has 82 valence electrons. The van der Waals surface area contributed by atoms with Crippen molar-refractivity contribution in [3.05, 3.63) is 24.4 Å². The molecule has 0 atom stereocenters. The van der Waals surface area contributed by atoms with Crippen LogP contribution in [0.4, 0.5) is 0 Å². The van der Waals surface area contributed by atoms with Crippen molar-refractivity contribution in [1.82, 2.24) is 4.90 Å². The maximum Gasteiger partial charge on any atom is 0.343 e. The summed E-state index contributed by atoms with van der Waals surface area (Å²) in [5, 5.41) is 0. The normalized spacial score (nSPS) is 15.9. The Bertz CT molecular complexity index is 307. The van der Waals surface area contributed by atoms with Gasteiger partial charge in [-0.25, -0.2) is 4.79 Å². The van der Waals surface area contributed by atoms with Crippen molar-refractivity contribution in [2.75, 3.05) is 19.7 Å². The quantitative estimate of drug-likeness (QED) is 0.392. The smallest absolute Gasteiger partial charge is 0.343 e. The average Bonchev–Trinajstić information content (AvgIpc) is 2.21. The number of ketones is 1.